The van der Waals surface area contributed by atoms with Crippen LogP contribution in [0.25, 0.3) is 0 Å². The third-order valence-corrected chi connectivity index (χ3v) is 3.99. The van der Waals surface area contributed by atoms with Gasteiger partial charge in [-0.15, -0.1) is 0 Å². The minimum Gasteiger partial charge on any atom is -0.480 e. The van der Waals surface area contributed by atoms with E-state index in [-0.39, 0.29) is 21.8 Å². The number of carboxylic acid groups (broad SMARTS) is 1. The van der Waals surface area contributed by atoms with Gasteiger partial charge in [0.05, 0.1) is 0 Å². The van der Waals surface area contributed by atoms with Gasteiger partial charge in [-0.1, -0.05) is 23.2 Å². The number of carbonyl (C=O) groups excluding carboxylic acids is 1. The molecule has 0 spiro atoms. The molecule has 2 heterocycles. The quantitative estimate of drug-likeness (QED) is 0.852. The lowest BCUT2D eigenvalue weighted by atomic mass is 9.88. The molecule has 1 atom stereocenters. The Morgan fingerprint density at radius 1 is 1.30 bits per heavy atom. The number of hydrogen-bond acceptors (Lipinski definition) is 3. The van der Waals surface area contributed by atoms with Crippen LogP contribution in [0.4, 0.5) is 0 Å². The van der Waals surface area contributed by atoms with E-state index >= 15 is 0 Å². The third kappa shape index (κ3) is 2.74. The molecule has 0 saturated carbocycles. The van der Waals surface area contributed by atoms with Crippen LogP contribution in [-0.4, -0.2) is 39.0 Å². The van der Waals surface area contributed by atoms with Gasteiger partial charge in [-0.3, -0.25) is 4.79 Å². The smallest absolute Gasteiger partial charge is 0.329 e. The van der Waals surface area contributed by atoms with Crippen molar-refractivity contribution in [2.45, 2.75) is 31.7 Å². The van der Waals surface area contributed by atoms with E-state index in [4.69, 9.17) is 23.2 Å². The minimum atomic E-state index is -1.20. The van der Waals surface area contributed by atoms with Crippen molar-refractivity contribution < 1.29 is 14.7 Å². The van der Waals surface area contributed by atoms with Crippen LogP contribution in [0.5, 0.6) is 0 Å². The molecule has 7 heteroatoms. The number of rotatable bonds is 2. The molecule has 20 heavy (non-hydrogen) atoms. The number of aliphatic carboxylic acids is 1. The van der Waals surface area contributed by atoms with Gasteiger partial charge >= 0.3 is 5.97 Å². The number of nitrogens with zero attached hydrogens (tertiary/aromatic N) is 2. The van der Waals surface area contributed by atoms with Gasteiger partial charge in [0.15, 0.2) is 0 Å². The lowest BCUT2D eigenvalue weighted by molar-refractivity contribution is -0.150. The first-order valence-electron chi connectivity index (χ1n) is 6.23. The molecule has 0 bridgehead atoms. The zero-order chi connectivity index (χ0) is 14.9. The third-order valence-electron chi connectivity index (χ3n) is 3.61. The summed E-state index contributed by atoms with van der Waals surface area (Å²) < 4.78 is 0. The monoisotopic (exact) mass is 316 g/mol. The average molecular weight is 317 g/mol. The molecule has 1 aromatic heterocycles. The Balaban J connectivity index is 2.37. The molecule has 1 unspecified atom stereocenters. The van der Waals surface area contributed by atoms with Gasteiger partial charge in [0.2, 0.25) is 0 Å². The van der Waals surface area contributed by atoms with E-state index in [9.17, 15) is 14.7 Å². The summed E-state index contributed by atoms with van der Waals surface area (Å²) in [6.45, 7) is 1.97. The molecule has 1 aliphatic heterocycles. The molecular formula is C13H14Cl2N2O3. The first kappa shape index (κ1) is 15.1. The van der Waals surface area contributed by atoms with Gasteiger partial charge in [0.1, 0.15) is 15.8 Å². The van der Waals surface area contributed by atoms with Gasteiger partial charge in [-0.2, -0.15) is 0 Å². The molecule has 1 aromatic rings. The van der Waals surface area contributed by atoms with Gasteiger partial charge in [-0.05, 0) is 38.3 Å². The molecule has 0 radical (unpaired) electrons. The van der Waals surface area contributed by atoms with E-state index in [1.165, 1.54) is 17.0 Å². The highest BCUT2D eigenvalue weighted by Crippen LogP contribution is 2.30. The van der Waals surface area contributed by atoms with Crippen molar-refractivity contribution in [3.8, 4) is 0 Å². The van der Waals surface area contributed by atoms with Crippen LogP contribution < -0.4 is 0 Å². The minimum absolute atomic E-state index is 0.106. The summed E-state index contributed by atoms with van der Waals surface area (Å²) in [7, 11) is 0. The molecular weight excluding hydrogens is 303 g/mol. The van der Waals surface area contributed by atoms with Crippen molar-refractivity contribution in [3.05, 3.63) is 28.0 Å². The van der Waals surface area contributed by atoms with Crippen LogP contribution in [0.15, 0.2) is 12.1 Å². The average Bonchev–Trinajstić information content (AvgIpc) is 2.37. The summed E-state index contributed by atoms with van der Waals surface area (Å²) in [6, 6.07) is 2.79. The van der Waals surface area contributed by atoms with Crippen molar-refractivity contribution in [1.82, 2.24) is 9.88 Å². The number of carboxylic acids is 1. The zero-order valence-corrected chi connectivity index (χ0v) is 12.4. The van der Waals surface area contributed by atoms with Crippen LogP contribution in [0.3, 0.4) is 0 Å². The van der Waals surface area contributed by atoms with Gasteiger partial charge in [-0.25, -0.2) is 9.78 Å². The van der Waals surface area contributed by atoms with Gasteiger partial charge in [0.25, 0.3) is 5.91 Å². The highest BCUT2D eigenvalue weighted by atomic mass is 35.5. The Hall–Kier alpha value is -1.33. The molecule has 5 nitrogen and oxygen atoms in total. The lowest BCUT2D eigenvalue weighted by Gasteiger charge is -2.41. The van der Waals surface area contributed by atoms with Gasteiger partial charge in [0, 0.05) is 12.1 Å². The van der Waals surface area contributed by atoms with Crippen LogP contribution in [0, 0.1) is 0 Å². The molecule has 1 amide bonds. The SMILES string of the molecule is CC1(C(=O)O)CCCCN1C(=O)c1cc(Cl)nc(Cl)c1. The number of hydrogen-bond donors (Lipinski definition) is 1. The van der Waals surface area contributed by atoms with Crippen LogP contribution in [-0.2, 0) is 4.79 Å². The number of pyridine rings is 1. The molecule has 1 N–H and O–H groups in total. The fraction of sp³-hybridized carbons (Fsp3) is 0.462. The fourth-order valence-electron chi connectivity index (χ4n) is 2.41. The highest BCUT2D eigenvalue weighted by molar-refractivity contribution is 6.33. The molecule has 108 valence electrons. The Bertz CT molecular complexity index is 544. The van der Waals surface area contributed by atoms with Crippen LogP contribution >= 0.6 is 23.2 Å². The number of aromatic nitrogens is 1. The first-order valence-corrected chi connectivity index (χ1v) is 6.98. The van der Waals surface area contributed by atoms with Crippen molar-refractivity contribution in [2.75, 3.05) is 6.54 Å². The second-order valence-corrected chi connectivity index (χ2v) is 5.77. The van der Waals surface area contributed by atoms with E-state index in [0.29, 0.717) is 13.0 Å². The topological polar surface area (TPSA) is 70.5 Å². The Labute approximate surface area is 126 Å². The first-order chi connectivity index (χ1) is 9.34. The van der Waals surface area contributed by atoms with E-state index < -0.39 is 11.5 Å². The van der Waals surface area contributed by atoms with Crippen molar-refractivity contribution in [1.29, 1.82) is 0 Å². The second kappa shape index (κ2) is 5.58. The van der Waals surface area contributed by atoms with Crippen molar-refractivity contribution in [3.63, 3.8) is 0 Å². The summed E-state index contributed by atoms with van der Waals surface area (Å²) >= 11 is 11.6. The van der Waals surface area contributed by atoms with Crippen LogP contribution in [0.1, 0.15) is 36.5 Å². The Morgan fingerprint density at radius 3 is 2.45 bits per heavy atom. The summed E-state index contributed by atoms with van der Waals surface area (Å²) in [5.74, 6) is -1.39. The predicted octanol–water partition coefficient (Wildman–Crippen LogP) is 2.86. The van der Waals surface area contributed by atoms with Crippen molar-refractivity contribution in [2.24, 2.45) is 0 Å². The standard InChI is InChI=1S/C13H14Cl2N2O3/c1-13(12(19)20)4-2-3-5-17(13)11(18)8-6-9(14)16-10(15)7-8/h6-7H,2-5H2,1H3,(H,19,20). The molecule has 0 aliphatic carbocycles. The predicted molar refractivity (Wildman–Crippen MR) is 75.2 cm³/mol. The normalized spacial score (nSPS) is 22.6. The van der Waals surface area contributed by atoms with Gasteiger partial charge < -0.3 is 10.0 Å². The van der Waals surface area contributed by atoms with Crippen molar-refractivity contribution >= 4 is 35.1 Å². The molecule has 1 aliphatic rings. The summed E-state index contributed by atoms with van der Waals surface area (Å²) in [5, 5.41) is 9.63. The Morgan fingerprint density at radius 2 is 1.90 bits per heavy atom. The largest absolute Gasteiger partial charge is 0.480 e. The summed E-state index contributed by atoms with van der Waals surface area (Å²) in [4.78, 5) is 29.2. The maximum Gasteiger partial charge on any atom is 0.329 e. The maximum absolute atomic E-state index is 12.5. The number of halogens is 2. The second-order valence-electron chi connectivity index (χ2n) is 4.99. The molecule has 1 saturated heterocycles. The number of amides is 1. The molecule has 2 rings (SSSR count). The van der Waals surface area contributed by atoms with E-state index in [1.54, 1.807) is 6.92 Å². The summed E-state index contributed by atoms with van der Waals surface area (Å²) in [6.07, 6.45) is 1.99. The fourth-order valence-corrected chi connectivity index (χ4v) is 2.87. The highest BCUT2D eigenvalue weighted by Gasteiger charge is 2.44. The van der Waals surface area contributed by atoms with Crippen LogP contribution in [0.2, 0.25) is 10.3 Å². The lowest BCUT2D eigenvalue weighted by Crippen LogP contribution is -2.57. The van der Waals surface area contributed by atoms with E-state index in [0.717, 1.165) is 12.8 Å². The molecule has 1 fully saturated rings. The maximum atomic E-state index is 12.5. The molecule has 0 aromatic carbocycles. The van der Waals surface area contributed by atoms with E-state index in [2.05, 4.69) is 4.98 Å². The number of carbonyl (C=O) groups is 2. The van der Waals surface area contributed by atoms with E-state index in [1.807, 2.05) is 0 Å². The Kier molecular flexibility index (Phi) is 4.20. The number of piperidine rings is 1. The number of likely N-dealkylation sites (tertiary alicyclic amines) is 1. The zero-order valence-electron chi connectivity index (χ0n) is 10.9. The summed E-state index contributed by atoms with van der Waals surface area (Å²) in [5.41, 5.74) is -0.943.